The topological polar surface area (TPSA) is 55.0 Å². The van der Waals surface area contributed by atoms with Crippen molar-refractivity contribution >= 4 is 18.4 Å². The summed E-state index contributed by atoms with van der Waals surface area (Å²) >= 11 is 0. The summed E-state index contributed by atoms with van der Waals surface area (Å²) in [5, 5.41) is 0. The molecule has 0 aliphatic rings. The highest BCUT2D eigenvalue weighted by Gasteiger charge is 2.06. The third kappa shape index (κ3) is 2.59. The molecule has 0 amide bonds. The van der Waals surface area contributed by atoms with Gasteiger partial charge in [0.05, 0.1) is 6.61 Å². The number of nitrogens with one attached hydrogen (secondary N) is 1. The summed E-state index contributed by atoms with van der Waals surface area (Å²) in [7, 11) is 0. The zero-order valence-electron chi connectivity index (χ0n) is 6.03. The molecule has 0 saturated heterocycles. The van der Waals surface area contributed by atoms with Crippen molar-refractivity contribution in [1.82, 2.24) is 9.97 Å². The quantitative estimate of drug-likeness (QED) is 0.685. The lowest BCUT2D eigenvalue weighted by Crippen LogP contribution is -2.06. The van der Waals surface area contributed by atoms with Crippen molar-refractivity contribution in [2.45, 2.75) is 6.92 Å². The Bertz CT molecular complexity index is 210. The first kappa shape index (κ1) is 9.97. The minimum Gasteiger partial charge on any atom is -0.460 e. The summed E-state index contributed by atoms with van der Waals surface area (Å²) < 4.78 is 4.65. The number of nitrogens with zero attached hydrogens (tertiary/aromatic N) is 1. The third-order valence-electron chi connectivity index (χ3n) is 0.967. The Morgan fingerprint density at radius 3 is 3.00 bits per heavy atom. The fourth-order valence-electron chi connectivity index (χ4n) is 0.576. The predicted molar refractivity (Wildman–Crippen MR) is 41.8 cm³/mol. The van der Waals surface area contributed by atoms with Crippen LogP contribution < -0.4 is 0 Å². The van der Waals surface area contributed by atoms with Crippen LogP contribution in [0.4, 0.5) is 0 Å². The number of carbonyl (C=O) groups excluding carboxylic acids is 1. The van der Waals surface area contributed by atoms with Crippen LogP contribution in [0, 0.1) is 0 Å². The van der Waals surface area contributed by atoms with Crippen molar-refractivity contribution in [2.75, 3.05) is 6.61 Å². The van der Waals surface area contributed by atoms with Gasteiger partial charge in [-0.1, -0.05) is 0 Å². The van der Waals surface area contributed by atoms with E-state index in [1.807, 2.05) is 0 Å². The Kier molecular flexibility index (Phi) is 4.29. The number of aromatic nitrogens is 2. The van der Waals surface area contributed by atoms with E-state index in [1.165, 1.54) is 6.20 Å². The number of rotatable bonds is 2. The fraction of sp³-hybridized carbons (Fsp3) is 0.333. The van der Waals surface area contributed by atoms with Crippen molar-refractivity contribution in [3.8, 4) is 0 Å². The highest BCUT2D eigenvalue weighted by molar-refractivity contribution is 5.85. The van der Waals surface area contributed by atoms with E-state index in [2.05, 4.69) is 14.7 Å². The molecule has 0 aliphatic carbocycles. The average molecular weight is 177 g/mol. The molecule has 1 N–H and O–H groups in total. The van der Waals surface area contributed by atoms with Crippen LogP contribution in [0.1, 0.15) is 17.5 Å². The number of hydrogen-bond donors (Lipinski definition) is 1. The van der Waals surface area contributed by atoms with E-state index in [4.69, 9.17) is 0 Å². The second kappa shape index (κ2) is 4.73. The van der Waals surface area contributed by atoms with Gasteiger partial charge in [-0.05, 0) is 6.92 Å². The van der Waals surface area contributed by atoms with Gasteiger partial charge in [0.15, 0.2) is 0 Å². The summed E-state index contributed by atoms with van der Waals surface area (Å²) in [6.07, 6.45) is 3.08. The van der Waals surface area contributed by atoms with Crippen molar-refractivity contribution in [2.24, 2.45) is 0 Å². The largest absolute Gasteiger partial charge is 0.460 e. The van der Waals surface area contributed by atoms with Crippen molar-refractivity contribution in [3.05, 3.63) is 18.2 Å². The molecule has 5 heteroatoms. The van der Waals surface area contributed by atoms with Gasteiger partial charge < -0.3 is 9.72 Å². The minimum absolute atomic E-state index is 0. The molecule has 0 unspecified atom stereocenters. The molecule has 0 aliphatic heterocycles. The molecule has 1 aromatic rings. The highest BCUT2D eigenvalue weighted by Crippen LogP contribution is 1.91. The second-order valence-corrected chi connectivity index (χ2v) is 1.66. The van der Waals surface area contributed by atoms with Gasteiger partial charge in [-0.25, -0.2) is 9.78 Å². The summed E-state index contributed by atoms with van der Waals surface area (Å²) in [4.78, 5) is 17.1. The van der Waals surface area contributed by atoms with Crippen molar-refractivity contribution < 1.29 is 9.53 Å². The van der Waals surface area contributed by atoms with E-state index < -0.39 is 5.97 Å². The highest BCUT2D eigenvalue weighted by atomic mass is 35.5. The molecule has 0 atom stereocenters. The van der Waals surface area contributed by atoms with Gasteiger partial charge in [-0.2, -0.15) is 0 Å². The van der Waals surface area contributed by atoms with E-state index >= 15 is 0 Å². The maximum absolute atomic E-state index is 10.8. The molecule has 1 heterocycles. The maximum atomic E-state index is 10.8. The monoisotopic (exact) mass is 176 g/mol. The van der Waals surface area contributed by atoms with E-state index in [-0.39, 0.29) is 18.2 Å². The first-order chi connectivity index (χ1) is 4.84. The van der Waals surface area contributed by atoms with Crippen molar-refractivity contribution in [1.29, 1.82) is 0 Å². The van der Waals surface area contributed by atoms with Crippen LogP contribution in [0.25, 0.3) is 0 Å². The molecule has 4 nitrogen and oxygen atoms in total. The zero-order chi connectivity index (χ0) is 7.40. The van der Waals surface area contributed by atoms with Gasteiger partial charge in [-0.15, -0.1) is 12.4 Å². The first-order valence-electron chi connectivity index (χ1n) is 3.01. The van der Waals surface area contributed by atoms with Crippen LogP contribution in [0.2, 0.25) is 0 Å². The lowest BCUT2D eigenvalue weighted by atomic mass is 10.6. The van der Waals surface area contributed by atoms with E-state index in [9.17, 15) is 4.79 Å². The molecular weight excluding hydrogens is 168 g/mol. The number of H-pyrrole nitrogens is 1. The Morgan fingerprint density at radius 2 is 2.55 bits per heavy atom. The van der Waals surface area contributed by atoms with E-state index in [1.54, 1.807) is 13.1 Å². The Balaban J connectivity index is 0.000001000. The van der Waals surface area contributed by atoms with Crippen LogP contribution in [-0.4, -0.2) is 22.5 Å². The minimum atomic E-state index is -0.410. The SMILES string of the molecule is CCOC(=O)c1ncc[nH]1.Cl. The van der Waals surface area contributed by atoms with Crippen LogP contribution in [0.5, 0.6) is 0 Å². The Labute approximate surface area is 70.4 Å². The molecule has 0 bridgehead atoms. The molecule has 0 fully saturated rings. The molecule has 0 radical (unpaired) electrons. The van der Waals surface area contributed by atoms with Crippen LogP contribution >= 0.6 is 12.4 Å². The normalized spacial score (nSPS) is 8.45. The molecule has 0 saturated carbocycles. The number of halogens is 1. The molecule has 62 valence electrons. The number of carbonyl (C=O) groups is 1. The smallest absolute Gasteiger partial charge is 0.374 e. The van der Waals surface area contributed by atoms with Gasteiger partial charge in [0, 0.05) is 12.4 Å². The number of esters is 1. The lowest BCUT2D eigenvalue weighted by molar-refractivity contribution is 0.0513. The van der Waals surface area contributed by atoms with Gasteiger partial charge >= 0.3 is 5.97 Å². The number of ether oxygens (including phenoxy) is 1. The molecule has 1 aromatic heterocycles. The van der Waals surface area contributed by atoms with Crippen LogP contribution in [-0.2, 0) is 4.74 Å². The molecule has 0 aromatic carbocycles. The van der Waals surface area contributed by atoms with E-state index in [0.29, 0.717) is 6.61 Å². The summed E-state index contributed by atoms with van der Waals surface area (Å²) in [6, 6.07) is 0. The fourth-order valence-corrected chi connectivity index (χ4v) is 0.576. The Hall–Kier alpha value is -1.03. The lowest BCUT2D eigenvalue weighted by Gasteiger charge is -1.95. The standard InChI is InChI=1S/C6H8N2O2.ClH/c1-2-10-6(9)5-7-3-4-8-5;/h3-4H,2H2,1H3,(H,7,8);1H. The van der Waals surface area contributed by atoms with Gasteiger partial charge in [0.1, 0.15) is 0 Å². The second-order valence-electron chi connectivity index (χ2n) is 1.66. The summed E-state index contributed by atoms with van der Waals surface area (Å²) in [5.74, 6) is -0.158. The van der Waals surface area contributed by atoms with Gasteiger partial charge in [0.25, 0.3) is 0 Å². The summed E-state index contributed by atoms with van der Waals surface area (Å²) in [5.41, 5.74) is 0. The van der Waals surface area contributed by atoms with Gasteiger partial charge in [0.2, 0.25) is 5.82 Å². The predicted octanol–water partition coefficient (Wildman–Crippen LogP) is 1.01. The van der Waals surface area contributed by atoms with Crippen molar-refractivity contribution in [3.63, 3.8) is 0 Å². The van der Waals surface area contributed by atoms with Crippen LogP contribution in [0.3, 0.4) is 0 Å². The Morgan fingerprint density at radius 1 is 1.82 bits per heavy atom. The first-order valence-corrected chi connectivity index (χ1v) is 3.01. The number of hydrogen-bond acceptors (Lipinski definition) is 3. The average Bonchev–Trinajstić information content (AvgIpc) is 2.38. The third-order valence-corrected chi connectivity index (χ3v) is 0.967. The van der Waals surface area contributed by atoms with E-state index in [0.717, 1.165) is 0 Å². The van der Waals surface area contributed by atoms with Crippen LogP contribution in [0.15, 0.2) is 12.4 Å². The zero-order valence-corrected chi connectivity index (χ0v) is 6.85. The maximum Gasteiger partial charge on any atom is 0.374 e. The number of imidazole rings is 1. The van der Waals surface area contributed by atoms with Gasteiger partial charge in [-0.3, -0.25) is 0 Å². The summed E-state index contributed by atoms with van der Waals surface area (Å²) in [6.45, 7) is 2.13. The molecular formula is C6H9ClN2O2. The molecule has 0 spiro atoms. The number of aromatic amines is 1. The molecule has 1 rings (SSSR count). The molecule has 11 heavy (non-hydrogen) atoms.